The van der Waals surface area contributed by atoms with Crippen LogP contribution in [0.2, 0.25) is 5.02 Å². The summed E-state index contributed by atoms with van der Waals surface area (Å²) in [6.45, 7) is 2.54. The van der Waals surface area contributed by atoms with Gasteiger partial charge in [0.25, 0.3) is 0 Å². The van der Waals surface area contributed by atoms with Crippen LogP contribution in [0.5, 0.6) is 0 Å². The molecule has 0 radical (unpaired) electrons. The van der Waals surface area contributed by atoms with Gasteiger partial charge in [-0.05, 0) is 43.2 Å². The van der Waals surface area contributed by atoms with Crippen molar-refractivity contribution in [3.8, 4) is 5.69 Å². The van der Waals surface area contributed by atoms with Gasteiger partial charge in [-0.3, -0.25) is 9.55 Å². The minimum absolute atomic E-state index is 0.0352. The number of rotatable bonds is 4. The Morgan fingerprint density at radius 1 is 1.15 bits per heavy atom. The number of carbonyl (C=O) groups is 1. The van der Waals surface area contributed by atoms with Gasteiger partial charge in [-0.25, -0.2) is 14.2 Å². The van der Waals surface area contributed by atoms with Crippen molar-refractivity contribution in [1.29, 1.82) is 0 Å². The number of morpholine rings is 1. The number of aromatic carboxylic acids is 1. The van der Waals surface area contributed by atoms with Crippen molar-refractivity contribution in [2.75, 3.05) is 31.2 Å². The number of halogens is 2. The van der Waals surface area contributed by atoms with Crippen molar-refractivity contribution >= 4 is 45.2 Å². The van der Waals surface area contributed by atoms with Gasteiger partial charge in [-0.2, -0.15) is 0 Å². The summed E-state index contributed by atoms with van der Waals surface area (Å²) in [5, 5.41) is 10.7. The summed E-state index contributed by atoms with van der Waals surface area (Å²) >= 11 is 6.23. The number of carboxylic acid groups (broad SMARTS) is 1. The Balaban J connectivity index is 1.67. The van der Waals surface area contributed by atoms with Crippen LogP contribution in [0.25, 0.3) is 27.6 Å². The molecule has 168 valence electrons. The second kappa shape index (κ2) is 7.67. The third kappa shape index (κ3) is 3.32. The summed E-state index contributed by atoms with van der Waals surface area (Å²) in [5.41, 5.74) is 3.24. The Bertz CT molecular complexity index is 1430. The van der Waals surface area contributed by atoms with Crippen LogP contribution in [-0.2, 0) is 4.74 Å². The summed E-state index contributed by atoms with van der Waals surface area (Å²) in [7, 11) is 0. The summed E-state index contributed by atoms with van der Waals surface area (Å²) in [4.78, 5) is 23.5. The highest BCUT2D eigenvalue weighted by Gasteiger charge is 2.32. The molecule has 2 aliphatic rings. The minimum atomic E-state index is -1.02. The highest BCUT2D eigenvalue weighted by atomic mass is 35.5. The molecule has 9 heteroatoms. The van der Waals surface area contributed by atoms with E-state index in [0.29, 0.717) is 48.2 Å². The van der Waals surface area contributed by atoms with Crippen LogP contribution in [0.1, 0.15) is 34.9 Å². The Morgan fingerprint density at radius 2 is 1.94 bits per heavy atom. The quantitative estimate of drug-likeness (QED) is 0.466. The van der Waals surface area contributed by atoms with Crippen molar-refractivity contribution in [2.24, 2.45) is 0 Å². The van der Waals surface area contributed by atoms with E-state index < -0.39 is 11.8 Å². The molecule has 1 aliphatic carbocycles. The van der Waals surface area contributed by atoms with Crippen LogP contribution in [0.15, 0.2) is 36.5 Å². The lowest BCUT2D eigenvalue weighted by Crippen LogP contribution is -2.36. The normalized spacial score (nSPS) is 16.6. The number of anilines is 1. The summed E-state index contributed by atoms with van der Waals surface area (Å²) in [6.07, 6.45) is 3.57. The van der Waals surface area contributed by atoms with E-state index >= 15 is 0 Å². The molecule has 4 aromatic rings. The lowest BCUT2D eigenvalue weighted by atomic mass is 10.1. The van der Waals surface area contributed by atoms with Gasteiger partial charge in [0.05, 0.1) is 35.5 Å². The number of aromatic nitrogens is 3. The van der Waals surface area contributed by atoms with Crippen LogP contribution in [-0.4, -0.2) is 51.9 Å². The molecular formula is C24H20ClFN4O3. The molecule has 7 nitrogen and oxygen atoms in total. The summed E-state index contributed by atoms with van der Waals surface area (Å²) < 4.78 is 21.6. The van der Waals surface area contributed by atoms with E-state index in [1.165, 1.54) is 6.07 Å². The number of carboxylic acids is 1. The molecule has 33 heavy (non-hydrogen) atoms. The highest BCUT2D eigenvalue weighted by molar-refractivity contribution is 6.35. The van der Waals surface area contributed by atoms with Crippen molar-refractivity contribution < 1.29 is 19.0 Å². The van der Waals surface area contributed by atoms with Crippen LogP contribution in [0.3, 0.4) is 0 Å². The lowest BCUT2D eigenvalue weighted by molar-refractivity contribution is 0.0699. The molecule has 0 bridgehead atoms. The van der Waals surface area contributed by atoms with Crippen molar-refractivity contribution in [1.82, 2.24) is 14.5 Å². The third-order valence-corrected chi connectivity index (χ3v) is 6.70. The predicted molar refractivity (Wildman–Crippen MR) is 123 cm³/mol. The Labute approximate surface area is 193 Å². The Kier molecular flexibility index (Phi) is 4.74. The minimum Gasteiger partial charge on any atom is -0.478 e. The molecule has 3 heterocycles. The molecular weight excluding hydrogens is 447 g/mol. The molecule has 2 aromatic heterocycles. The largest absolute Gasteiger partial charge is 0.478 e. The second-order valence-electron chi connectivity index (χ2n) is 8.43. The number of imidazole rings is 1. The molecule has 0 amide bonds. The van der Waals surface area contributed by atoms with Crippen LogP contribution >= 0.6 is 11.6 Å². The average molecular weight is 467 g/mol. The van der Waals surface area contributed by atoms with Crippen LogP contribution in [0, 0.1) is 5.82 Å². The fourth-order valence-corrected chi connectivity index (χ4v) is 4.77. The molecule has 1 aliphatic heterocycles. The predicted octanol–water partition coefficient (Wildman–Crippen LogP) is 4.78. The standard InChI is InChI=1S/C24H20ClFN4O3/c25-20-17(26)4-3-15-18(5-6-27-22(15)20)30-19-12-14(29-7-9-33-10-8-29)11-16(24(31)32)21(19)28-23(30)13-1-2-13/h3-6,11-13H,1-2,7-10H2,(H,31,32). The van der Waals surface area contributed by atoms with E-state index in [0.717, 1.165) is 30.0 Å². The lowest BCUT2D eigenvalue weighted by Gasteiger charge is -2.29. The van der Waals surface area contributed by atoms with Gasteiger partial charge >= 0.3 is 5.97 Å². The molecule has 0 spiro atoms. The molecule has 1 saturated carbocycles. The maximum absolute atomic E-state index is 14.1. The zero-order valence-corrected chi connectivity index (χ0v) is 18.3. The smallest absolute Gasteiger partial charge is 0.338 e. The maximum atomic E-state index is 14.1. The van der Waals surface area contributed by atoms with E-state index in [-0.39, 0.29) is 16.5 Å². The van der Waals surface area contributed by atoms with Gasteiger partial charge in [0.15, 0.2) is 0 Å². The second-order valence-corrected chi connectivity index (χ2v) is 8.81. The summed E-state index contributed by atoms with van der Waals surface area (Å²) in [6, 6.07) is 8.51. The fraction of sp³-hybridized carbons (Fsp3) is 0.292. The first kappa shape index (κ1) is 20.4. The van der Waals surface area contributed by atoms with Gasteiger partial charge < -0.3 is 14.7 Å². The van der Waals surface area contributed by atoms with Crippen LogP contribution in [0.4, 0.5) is 10.1 Å². The van der Waals surface area contributed by atoms with E-state index in [9.17, 15) is 14.3 Å². The number of benzene rings is 2. The molecule has 1 saturated heterocycles. The topological polar surface area (TPSA) is 80.5 Å². The Hall–Kier alpha value is -3.23. The van der Waals surface area contributed by atoms with Crippen molar-refractivity contribution in [3.05, 3.63) is 58.8 Å². The molecule has 2 fully saturated rings. The van der Waals surface area contributed by atoms with Crippen LogP contribution < -0.4 is 4.90 Å². The molecule has 0 atom stereocenters. The number of ether oxygens (including phenoxy) is 1. The number of nitrogens with zero attached hydrogens (tertiary/aromatic N) is 4. The SMILES string of the molecule is O=C(O)c1cc(N2CCOCC2)cc2c1nc(C1CC1)n2-c1ccnc2c(Cl)c(F)ccc12. The molecule has 2 aromatic carbocycles. The fourth-order valence-electron chi connectivity index (χ4n) is 4.56. The number of pyridine rings is 1. The third-order valence-electron chi connectivity index (χ3n) is 6.34. The van der Waals surface area contributed by atoms with Crippen molar-refractivity contribution in [2.45, 2.75) is 18.8 Å². The number of fused-ring (bicyclic) bond motifs is 2. The number of hydrogen-bond donors (Lipinski definition) is 1. The maximum Gasteiger partial charge on any atom is 0.338 e. The van der Waals surface area contributed by atoms with E-state index in [2.05, 4.69) is 9.88 Å². The summed E-state index contributed by atoms with van der Waals surface area (Å²) in [5.74, 6) is -0.508. The zero-order valence-electron chi connectivity index (χ0n) is 17.6. The van der Waals surface area contributed by atoms with E-state index in [1.54, 1.807) is 18.3 Å². The van der Waals surface area contributed by atoms with Gasteiger partial charge in [-0.15, -0.1) is 0 Å². The molecule has 1 N–H and O–H groups in total. The molecule has 6 rings (SSSR count). The van der Waals surface area contributed by atoms with Gasteiger partial charge in [0.2, 0.25) is 0 Å². The van der Waals surface area contributed by atoms with E-state index in [1.807, 2.05) is 16.7 Å². The first-order valence-corrected chi connectivity index (χ1v) is 11.3. The monoisotopic (exact) mass is 466 g/mol. The van der Waals surface area contributed by atoms with Gasteiger partial charge in [0, 0.05) is 36.3 Å². The Morgan fingerprint density at radius 3 is 2.67 bits per heavy atom. The first-order valence-electron chi connectivity index (χ1n) is 10.9. The highest BCUT2D eigenvalue weighted by Crippen LogP contribution is 2.44. The first-order chi connectivity index (χ1) is 16.0. The number of hydrogen-bond acceptors (Lipinski definition) is 5. The van der Waals surface area contributed by atoms with Gasteiger partial charge in [0.1, 0.15) is 22.2 Å². The van der Waals surface area contributed by atoms with Crippen molar-refractivity contribution in [3.63, 3.8) is 0 Å². The molecule has 0 unspecified atom stereocenters. The van der Waals surface area contributed by atoms with E-state index in [4.69, 9.17) is 21.3 Å². The zero-order chi connectivity index (χ0) is 22.7. The average Bonchev–Trinajstić information content (AvgIpc) is 3.61. The van der Waals surface area contributed by atoms with Gasteiger partial charge in [-0.1, -0.05) is 11.6 Å².